The Hall–Kier alpha value is -3.41. The Morgan fingerprint density at radius 3 is 2.50 bits per heavy atom. The van der Waals surface area contributed by atoms with Crippen molar-refractivity contribution in [2.75, 3.05) is 7.11 Å². The van der Waals surface area contributed by atoms with Gasteiger partial charge in [0.15, 0.2) is 0 Å². The van der Waals surface area contributed by atoms with Crippen LogP contribution in [0.3, 0.4) is 0 Å². The van der Waals surface area contributed by atoms with Crippen LogP contribution in [0.5, 0.6) is 0 Å². The number of nitriles is 1. The number of esters is 1. The smallest absolute Gasteiger partial charge is 0.310 e. The molecule has 0 radical (unpaired) electrons. The molecule has 9 heteroatoms. The molecule has 0 saturated carbocycles. The van der Waals surface area contributed by atoms with Crippen LogP contribution in [0, 0.1) is 28.4 Å². The van der Waals surface area contributed by atoms with Gasteiger partial charge < -0.3 is 4.74 Å². The summed E-state index contributed by atoms with van der Waals surface area (Å²) >= 11 is 0. The van der Waals surface area contributed by atoms with E-state index in [2.05, 4.69) is 4.74 Å². The molecule has 24 heavy (non-hydrogen) atoms. The lowest BCUT2D eigenvalue weighted by Crippen LogP contribution is -2.23. The number of rotatable bonds is 5. The molecule has 1 aromatic heterocycles. The van der Waals surface area contributed by atoms with Crippen molar-refractivity contribution in [1.82, 2.24) is 9.36 Å². The lowest BCUT2D eigenvalue weighted by atomic mass is 10.2. The topological polar surface area (TPSA) is 120 Å². The van der Waals surface area contributed by atoms with E-state index in [9.17, 15) is 19.7 Å². The molecule has 1 aromatic carbocycles. The van der Waals surface area contributed by atoms with Crippen molar-refractivity contribution in [2.45, 2.75) is 19.9 Å². The van der Waals surface area contributed by atoms with E-state index in [0.29, 0.717) is 11.4 Å². The number of nitro benzene ring substituents is 1. The third-order valence-corrected chi connectivity index (χ3v) is 3.59. The van der Waals surface area contributed by atoms with Gasteiger partial charge in [-0.2, -0.15) is 5.26 Å². The van der Waals surface area contributed by atoms with Gasteiger partial charge in [0.25, 0.3) is 11.2 Å². The van der Waals surface area contributed by atoms with Crippen molar-refractivity contribution in [2.24, 2.45) is 0 Å². The quantitative estimate of drug-likeness (QED) is 0.460. The van der Waals surface area contributed by atoms with Gasteiger partial charge in [-0.3, -0.25) is 24.4 Å². The number of carbonyl (C=O) groups excluding carboxylic acids is 1. The van der Waals surface area contributed by atoms with E-state index in [1.54, 1.807) is 6.92 Å². The van der Waals surface area contributed by atoms with Gasteiger partial charge in [0.1, 0.15) is 6.54 Å². The minimum Gasteiger partial charge on any atom is -0.469 e. The molecule has 0 bridgehead atoms. The van der Waals surface area contributed by atoms with Crippen LogP contribution in [0.1, 0.15) is 11.3 Å². The maximum Gasteiger partial charge on any atom is 0.310 e. The molecule has 2 rings (SSSR count). The van der Waals surface area contributed by atoms with Crippen LogP contribution in [-0.4, -0.2) is 27.4 Å². The molecular formula is C15H14N4O5. The number of methoxy groups -OCH3 is 1. The number of benzene rings is 1. The van der Waals surface area contributed by atoms with E-state index in [0.717, 1.165) is 0 Å². The highest BCUT2D eigenvalue weighted by Gasteiger charge is 2.21. The fourth-order valence-corrected chi connectivity index (χ4v) is 2.35. The fourth-order valence-electron chi connectivity index (χ4n) is 2.35. The fraction of sp³-hybridized carbons (Fsp3) is 0.267. The number of carbonyl (C=O) groups is 1. The first-order valence-electron chi connectivity index (χ1n) is 6.90. The number of ether oxygens (including phenoxy) is 1. The predicted octanol–water partition coefficient (Wildman–Crippen LogP) is 1.09. The first-order chi connectivity index (χ1) is 11.4. The summed E-state index contributed by atoms with van der Waals surface area (Å²) in [5.41, 5.74) is 0.458. The average Bonchev–Trinajstić information content (AvgIpc) is 2.79. The summed E-state index contributed by atoms with van der Waals surface area (Å²) < 4.78 is 7.23. The number of nitro groups is 1. The lowest BCUT2D eigenvalue weighted by Gasteiger charge is -2.10. The van der Waals surface area contributed by atoms with Crippen LogP contribution in [0.2, 0.25) is 0 Å². The minimum atomic E-state index is -0.569. The zero-order valence-corrected chi connectivity index (χ0v) is 13.1. The zero-order valence-electron chi connectivity index (χ0n) is 13.1. The molecule has 0 saturated heterocycles. The van der Waals surface area contributed by atoms with Gasteiger partial charge in [0, 0.05) is 17.8 Å². The van der Waals surface area contributed by atoms with Crippen LogP contribution in [-0.2, 0) is 22.5 Å². The molecule has 1 heterocycles. The molecule has 0 N–H and O–H groups in total. The third kappa shape index (κ3) is 3.03. The van der Waals surface area contributed by atoms with E-state index >= 15 is 0 Å². The molecule has 2 aromatic rings. The first-order valence-corrected chi connectivity index (χ1v) is 6.90. The molecule has 0 spiro atoms. The Bertz CT molecular complexity index is 886. The summed E-state index contributed by atoms with van der Waals surface area (Å²) in [7, 11) is 1.22. The van der Waals surface area contributed by atoms with Crippen LogP contribution in [0.4, 0.5) is 5.69 Å². The van der Waals surface area contributed by atoms with E-state index in [-0.39, 0.29) is 24.2 Å². The Labute approximate surface area is 136 Å². The monoisotopic (exact) mass is 330 g/mol. The van der Waals surface area contributed by atoms with Crippen molar-refractivity contribution < 1.29 is 14.5 Å². The highest BCUT2D eigenvalue weighted by molar-refractivity contribution is 5.72. The SMILES string of the molecule is COC(=O)Cc1c(C)n(CC#N)n(-c2ccc([N+](=O)[O-])cc2)c1=O. The van der Waals surface area contributed by atoms with Gasteiger partial charge in [-0.1, -0.05) is 0 Å². The van der Waals surface area contributed by atoms with Crippen molar-refractivity contribution in [1.29, 1.82) is 5.26 Å². The number of non-ortho nitro benzene ring substituents is 1. The van der Waals surface area contributed by atoms with Crippen LogP contribution < -0.4 is 5.56 Å². The third-order valence-electron chi connectivity index (χ3n) is 3.59. The van der Waals surface area contributed by atoms with Crippen LogP contribution >= 0.6 is 0 Å². The molecular weight excluding hydrogens is 316 g/mol. The van der Waals surface area contributed by atoms with Crippen molar-refractivity contribution in [3.8, 4) is 11.8 Å². The summed E-state index contributed by atoms with van der Waals surface area (Å²) in [6.45, 7) is 1.51. The number of hydrogen-bond donors (Lipinski definition) is 0. The van der Waals surface area contributed by atoms with E-state index in [1.807, 2.05) is 6.07 Å². The number of hydrogen-bond acceptors (Lipinski definition) is 6. The second-order valence-electron chi connectivity index (χ2n) is 4.92. The van der Waals surface area contributed by atoms with Gasteiger partial charge in [-0.25, -0.2) is 4.68 Å². The first kappa shape index (κ1) is 17.0. The van der Waals surface area contributed by atoms with Crippen molar-refractivity contribution >= 4 is 11.7 Å². The van der Waals surface area contributed by atoms with Crippen molar-refractivity contribution in [3.63, 3.8) is 0 Å². The minimum absolute atomic E-state index is 0.112. The molecule has 0 fully saturated rings. The molecule has 0 atom stereocenters. The molecule has 0 aliphatic rings. The molecule has 9 nitrogen and oxygen atoms in total. The Kier molecular flexibility index (Phi) is 4.79. The molecule has 0 unspecified atom stereocenters. The van der Waals surface area contributed by atoms with E-state index in [4.69, 9.17) is 5.26 Å². The summed E-state index contributed by atoms with van der Waals surface area (Å²) in [6.07, 6.45) is -0.216. The molecule has 0 aliphatic carbocycles. The van der Waals surface area contributed by atoms with Gasteiger partial charge in [-0.15, -0.1) is 0 Å². The Morgan fingerprint density at radius 1 is 1.38 bits per heavy atom. The molecule has 0 aliphatic heterocycles. The summed E-state index contributed by atoms with van der Waals surface area (Å²) in [5.74, 6) is -0.569. The molecule has 124 valence electrons. The van der Waals surface area contributed by atoms with E-state index < -0.39 is 16.5 Å². The van der Waals surface area contributed by atoms with Crippen LogP contribution in [0.15, 0.2) is 29.1 Å². The predicted molar refractivity (Wildman–Crippen MR) is 82.8 cm³/mol. The van der Waals surface area contributed by atoms with E-state index in [1.165, 1.54) is 40.7 Å². The highest BCUT2D eigenvalue weighted by Crippen LogP contribution is 2.16. The largest absolute Gasteiger partial charge is 0.469 e. The number of nitrogens with zero attached hydrogens (tertiary/aromatic N) is 4. The van der Waals surface area contributed by atoms with Gasteiger partial charge >= 0.3 is 5.97 Å². The average molecular weight is 330 g/mol. The number of aromatic nitrogens is 2. The summed E-state index contributed by atoms with van der Waals surface area (Å²) in [6, 6.07) is 7.30. The van der Waals surface area contributed by atoms with Crippen LogP contribution in [0.25, 0.3) is 5.69 Å². The maximum atomic E-state index is 12.6. The van der Waals surface area contributed by atoms with Gasteiger partial charge in [0.05, 0.1) is 35.8 Å². The summed E-state index contributed by atoms with van der Waals surface area (Å²) in [5, 5.41) is 19.7. The van der Waals surface area contributed by atoms with Crippen molar-refractivity contribution in [3.05, 3.63) is 56.0 Å². The lowest BCUT2D eigenvalue weighted by molar-refractivity contribution is -0.384. The zero-order chi connectivity index (χ0) is 17.9. The molecule has 0 amide bonds. The maximum absolute atomic E-state index is 12.6. The highest BCUT2D eigenvalue weighted by atomic mass is 16.6. The summed E-state index contributed by atoms with van der Waals surface area (Å²) in [4.78, 5) is 34.3. The van der Waals surface area contributed by atoms with Gasteiger partial charge in [0.2, 0.25) is 0 Å². The second-order valence-corrected chi connectivity index (χ2v) is 4.92. The Balaban J connectivity index is 2.62. The van der Waals surface area contributed by atoms with Gasteiger partial charge in [-0.05, 0) is 19.1 Å². The second kappa shape index (κ2) is 6.78. The normalized spacial score (nSPS) is 10.2. The Morgan fingerprint density at radius 2 is 2.00 bits per heavy atom. The standard InChI is InChI=1S/C15H14N4O5/c1-10-13(9-14(20)24-2)15(21)18(17(10)8-7-16)11-3-5-12(6-4-11)19(22)23/h3-6H,8-9H2,1-2H3.